The molecule has 3 rings (SSSR count). The number of amides is 1. The van der Waals surface area contributed by atoms with Crippen LogP contribution in [0.5, 0.6) is 0 Å². The van der Waals surface area contributed by atoms with Gasteiger partial charge in [-0.1, -0.05) is 0 Å². The van der Waals surface area contributed by atoms with Crippen molar-refractivity contribution in [3.8, 4) is 0 Å². The first kappa shape index (κ1) is 11.9. The van der Waals surface area contributed by atoms with Gasteiger partial charge >= 0.3 is 0 Å². The number of nitrogens with one attached hydrogen (secondary N) is 2. The lowest BCUT2D eigenvalue weighted by Gasteiger charge is -2.02. The molecule has 0 bridgehead atoms. The molecule has 0 saturated heterocycles. The zero-order valence-electron chi connectivity index (χ0n) is 9.72. The smallest absolute Gasteiger partial charge is 0.257 e. The van der Waals surface area contributed by atoms with Gasteiger partial charge in [0.1, 0.15) is 10.1 Å². The van der Waals surface area contributed by atoms with Crippen LogP contribution >= 0.6 is 15.9 Å². The van der Waals surface area contributed by atoms with E-state index in [1.807, 2.05) is 12.1 Å². The van der Waals surface area contributed by atoms with Gasteiger partial charge in [0.25, 0.3) is 5.91 Å². The molecule has 94 valence electrons. The van der Waals surface area contributed by atoms with Crippen LogP contribution in [0.25, 0.3) is 11.0 Å². The Hall–Kier alpha value is -2.21. The fraction of sp³-hybridized carbons (Fsp3) is 0. The quantitative estimate of drug-likeness (QED) is 0.714. The molecule has 0 aromatic carbocycles. The number of H-pyrrole nitrogens is 1. The second-order valence-corrected chi connectivity index (χ2v) is 4.74. The Morgan fingerprint density at radius 2 is 2.21 bits per heavy atom. The number of carbonyl (C=O) groups excluding carboxylic acids is 1. The van der Waals surface area contributed by atoms with Gasteiger partial charge in [-0.25, -0.2) is 4.98 Å². The van der Waals surface area contributed by atoms with Crippen molar-refractivity contribution in [2.45, 2.75) is 0 Å². The lowest BCUT2D eigenvalue weighted by molar-refractivity contribution is 0.102. The fourth-order valence-corrected chi connectivity index (χ4v) is 2.07. The molecule has 0 aliphatic carbocycles. The van der Waals surface area contributed by atoms with Gasteiger partial charge in [0.2, 0.25) is 0 Å². The number of hydrogen-bond donors (Lipinski definition) is 2. The van der Waals surface area contributed by atoms with Gasteiger partial charge in [0.05, 0.1) is 16.8 Å². The van der Waals surface area contributed by atoms with E-state index in [1.165, 1.54) is 6.20 Å². The number of nitrogens with zero attached hydrogens (tertiary/aromatic N) is 2. The minimum absolute atomic E-state index is 0.212. The van der Waals surface area contributed by atoms with Crippen LogP contribution < -0.4 is 5.32 Å². The first-order valence-corrected chi connectivity index (χ1v) is 6.38. The first-order chi connectivity index (χ1) is 9.24. The molecule has 3 aromatic rings. The summed E-state index contributed by atoms with van der Waals surface area (Å²) in [5.74, 6) is -0.212. The minimum Gasteiger partial charge on any atom is -0.358 e. The third kappa shape index (κ3) is 2.34. The van der Waals surface area contributed by atoms with Crippen LogP contribution in [0, 0.1) is 0 Å². The monoisotopic (exact) mass is 316 g/mol. The molecule has 0 saturated carbocycles. The normalized spacial score (nSPS) is 10.6. The lowest BCUT2D eigenvalue weighted by atomic mass is 10.2. The van der Waals surface area contributed by atoms with Gasteiger partial charge < -0.3 is 10.3 Å². The van der Waals surface area contributed by atoms with Crippen LogP contribution in [0.4, 0.5) is 5.69 Å². The van der Waals surface area contributed by atoms with Crippen molar-refractivity contribution in [3.05, 3.63) is 53.0 Å². The molecule has 0 fully saturated rings. The SMILES string of the molecule is O=C(Nc1c[nH]c2ccc(Br)nc12)c1cccnc1. The number of rotatable bonds is 2. The van der Waals surface area contributed by atoms with Crippen LogP contribution in [0.15, 0.2) is 47.5 Å². The van der Waals surface area contributed by atoms with E-state index in [2.05, 4.69) is 36.2 Å². The summed E-state index contributed by atoms with van der Waals surface area (Å²) in [7, 11) is 0. The van der Waals surface area contributed by atoms with Gasteiger partial charge in [0.15, 0.2) is 0 Å². The molecule has 2 N–H and O–H groups in total. The number of carbonyl (C=O) groups is 1. The Morgan fingerprint density at radius 3 is 3.00 bits per heavy atom. The van der Waals surface area contributed by atoms with Crippen LogP contribution in [-0.2, 0) is 0 Å². The van der Waals surface area contributed by atoms with E-state index in [-0.39, 0.29) is 5.91 Å². The highest BCUT2D eigenvalue weighted by Crippen LogP contribution is 2.23. The number of halogens is 1. The molecule has 0 spiro atoms. The van der Waals surface area contributed by atoms with E-state index >= 15 is 0 Å². The van der Waals surface area contributed by atoms with Crippen molar-refractivity contribution in [1.29, 1.82) is 0 Å². The largest absolute Gasteiger partial charge is 0.358 e. The maximum absolute atomic E-state index is 12.0. The number of fused-ring (bicyclic) bond motifs is 1. The van der Waals surface area contributed by atoms with Crippen molar-refractivity contribution in [2.24, 2.45) is 0 Å². The predicted molar refractivity (Wildman–Crippen MR) is 76.0 cm³/mol. The highest BCUT2D eigenvalue weighted by molar-refractivity contribution is 9.10. The standard InChI is InChI=1S/C13H9BrN4O/c14-11-4-3-9-12(18-11)10(7-16-9)17-13(19)8-2-1-5-15-6-8/h1-7,16H,(H,17,19). The summed E-state index contributed by atoms with van der Waals surface area (Å²) in [5.41, 5.74) is 2.73. The van der Waals surface area contributed by atoms with Crippen LogP contribution in [-0.4, -0.2) is 20.9 Å². The summed E-state index contributed by atoms with van der Waals surface area (Å²) in [6.07, 6.45) is 4.87. The molecule has 3 heterocycles. The van der Waals surface area contributed by atoms with Crippen molar-refractivity contribution in [1.82, 2.24) is 15.0 Å². The summed E-state index contributed by atoms with van der Waals surface area (Å²) in [6, 6.07) is 7.16. The van der Waals surface area contributed by atoms with E-state index in [1.54, 1.807) is 24.5 Å². The highest BCUT2D eigenvalue weighted by atomic mass is 79.9. The molecule has 3 aromatic heterocycles. The number of hydrogen-bond acceptors (Lipinski definition) is 3. The molecule has 6 heteroatoms. The Labute approximate surface area is 117 Å². The number of anilines is 1. The number of aromatic amines is 1. The highest BCUT2D eigenvalue weighted by Gasteiger charge is 2.10. The summed E-state index contributed by atoms with van der Waals surface area (Å²) in [5, 5.41) is 2.81. The third-order valence-corrected chi connectivity index (χ3v) is 3.10. The fourth-order valence-electron chi connectivity index (χ4n) is 1.76. The lowest BCUT2D eigenvalue weighted by Crippen LogP contribution is -2.11. The topological polar surface area (TPSA) is 70.7 Å². The molecule has 1 amide bonds. The molecule has 0 unspecified atom stereocenters. The summed E-state index contributed by atoms with van der Waals surface area (Å²) >= 11 is 3.31. The van der Waals surface area contributed by atoms with E-state index in [0.717, 1.165) is 10.1 Å². The Bertz CT molecular complexity index is 739. The molecule has 0 radical (unpaired) electrons. The predicted octanol–water partition coefficient (Wildman–Crippen LogP) is 2.97. The van der Waals surface area contributed by atoms with Crippen molar-refractivity contribution in [3.63, 3.8) is 0 Å². The molecule has 0 aliphatic rings. The van der Waals surface area contributed by atoms with Gasteiger partial charge in [0, 0.05) is 18.6 Å². The Morgan fingerprint density at radius 1 is 1.32 bits per heavy atom. The molecular formula is C13H9BrN4O. The minimum atomic E-state index is -0.212. The maximum atomic E-state index is 12.0. The average molecular weight is 317 g/mol. The third-order valence-electron chi connectivity index (χ3n) is 2.66. The van der Waals surface area contributed by atoms with Gasteiger partial charge in [-0.3, -0.25) is 9.78 Å². The Balaban J connectivity index is 1.94. The average Bonchev–Trinajstić information content (AvgIpc) is 2.82. The van der Waals surface area contributed by atoms with Gasteiger partial charge in [-0.2, -0.15) is 0 Å². The van der Waals surface area contributed by atoms with Crippen molar-refractivity contribution < 1.29 is 4.79 Å². The molecule has 0 aliphatic heterocycles. The first-order valence-electron chi connectivity index (χ1n) is 5.59. The zero-order chi connectivity index (χ0) is 13.2. The summed E-state index contributed by atoms with van der Waals surface area (Å²) in [4.78, 5) is 23.4. The molecule has 0 atom stereocenters. The molecular weight excluding hydrogens is 308 g/mol. The second kappa shape index (κ2) is 4.81. The maximum Gasteiger partial charge on any atom is 0.257 e. The van der Waals surface area contributed by atoms with Gasteiger partial charge in [-0.05, 0) is 40.2 Å². The second-order valence-electron chi connectivity index (χ2n) is 3.93. The van der Waals surface area contributed by atoms with Gasteiger partial charge in [-0.15, -0.1) is 0 Å². The van der Waals surface area contributed by atoms with Crippen LogP contribution in [0.3, 0.4) is 0 Å². The van der Waals surface area contributed by atoms with Crippen molar-refractivity contribution in [2.75, 3.05) is 5.32 Å². The van der Waals surface area contributed by atoms with Crippen LogP contribution in [0.1, 0.15) is 10.4 Å². The van der Waals surface area contributed by atoms with E-state index in [4.69, 9.17) is 0 Å². The van der Waals surface area contributed by atoms with Crippen molar-refractivity contribution >= 4 is 38.6 Å². The Kier molecular flexibility index (Phi) is 3.00. The molecule has 5 nitrogen and oxygen atoms in total. The van der Waals surface area contributed by atoms with E-state index in [9.17, 15) is 4.79 Å². The van der Waals surface area contributed by atoms with E-state index in [0.29, 0.717) is 16.8 Å². The summed E-state index contributed by atoms with van der Waals surface area (Å²) < 4.78 is 0.719. The number of aromatic nitrogens is 3. The molecule has 19 heavy (non-hydrogen) atoms. The van der Waals surface area contributed by atoms with Crippen LogP contribution in [0.2, 0.25) is 0 Å². The zero-order valence-corrected chi connectivity index (χ0v) is 11.3. The summed E-state index contributed by atoms with van der Waals surface area (Å²) in [6.45, 7) is 0. The number of pyridine rings is 2. The van der Waals surface area contributed by atoms with E-state index < -0.39 is 0 Å².